The van der Waals surface area contributed by atoms with Crippen molar-refractivity contribution in [1.29, 1.82) is 0 Å². The number of nitro benzene ring substituents is 1. The average molecular weight is 350 g/mol. The van der Waals surface area contributed by atoms with E-state index in [9.17, 15) is 14.9 Å². The number of aromatic nitrogens is 1. The fourth-order valence-corrected chi connectivity index (χ4v) is 3.25. The lowest BCUT2D eigenvalue weighted by Crippen LogP contribution is -1.98. The van der Waals surface area contributed by atoms with Crippen LogP contribution in [0, 0.1) is 10.1 Å². The first-order valence-corrected chi connectivity index (χ1v) is 8.23. The van der Waals surface area contributed by atoms with Gasteiger partial charge in [-0.05, 0) is 12.1 Å². The van der Waals surface area contributed by atoms with Gasteiger partial charge in [-0.1, -0.05) is 30.3 Å². The normalized spacial score (nSPS) is 10.9. The van der Waals surface area contributed by atoms with Gasteiger partial charge in [0.15, 0.2) is 10.8 Å². The summed E-state index contributed by atoms with van der Waals surface area (Å²) in [5.74, 6) is -0.226. The number of rotatable bonds is 4. The maximum absolute atomic E-state index is 12.6. The van der Waals surface area contributed by atoms with Gasteiger partial charge in [-0.3, -0.25) is 14.9 Å². The van der Waals surface area contributed by atoms with E-state index in [2.05, 4.69) is 4.98 Å². The largest absolute Gasteiger partial charge is 0.452 e. The van der Waals surface area contributed by atoms with Crippen molar-refractivity contribution in [3.05, 3.63) is 80.9 Å². The highest BCUT2D eigenvalue weighted by atomic mass is 32.1. The van der Waals surface area contributed by atoms with Crippen LogP contribution >= 0.6 is 11.3 Å². The number of non-ortho nitro benzene ring substituents is 1. The van der Waals surface area contributed by atoms with Crippen LogP contribution in [0.4, 0.5) is 5.69 Å². The summed E-state index contributed by atoms with van der Waals surface area (Å²) in [6.45, 7) is 0. The number of carbonyl (C=O) groups excluding carboxylic acids is 1. The molecule has 4 aromatic rings. The van der Waals surface area contributed by atoms with Crippen LogP contribution in [0.3, 0.4) is 0 Å². The van der Waals surface area contributed by atoms with Crippen LogP contribution in [0.5, 0.6) is 0 Å². The summed E-state index contributed by atoms with van der Waals surface area (Å²) in [6, 6.07) is 15.3. The molecule has 122 valence electrons. The summed E-state index contributed by atoms with van der Waals surface area (Å²) in [6.07, 6.45) is 0. The molecule has 0 saturated heterocycles. The van der Waals surface area contributed by atoms with E-state index in [1.165, 1.54) is 35.6 Å². The smallest absolute Gasteiger partial charge is 0.270 e. The molecule has 0 fully saturated rings. The highest BCUT2D eigenvalue weighted by Crippen LogP contribution is 2.27. The maximum atomic E-state index is 12.6. The minimum Gasteiger partial charge on any atom is -0.452 e. The zero-order valence-corrected chi connectivity index (χ0v) is 13.5. The molecule has 2 aromatic heterocycles. The summed E-state index contributed by atoms with van der Waals surface area (Å²) in [5.41, 5.74) is 2.03. The minimum atomic E-state index is -0.485. The van der Waals surface area contributed by atoms with Gasteiger partial charge in [0, 0.05) is 28.5 Å². The van der Waals surface area contributed by atoms with Crippen molar-refractivity contribution >= 4 is 33.8 Å². The van der Waals surface area contributed by atoms with Gasteiger partial charge in [-0.15, -0.1) is 11.3 Å². The molecule has 0 bridgehead atoms. The van der Waals surface area contributed by atoms with E-state index in [0.29, 0.717) is 16.0 Å². The molecule has 0 aliphatic carbocycles. The van der Waals surface area contributed by atoms with Crippen molar-refractivity contribution in [3.8, 4) is 11.3 Å². The van der Waals surface area contributed by atoms with Crippen LogP contribution in [-0.4, -0.2) is 15.7 Å². The van der Waals surface area contributed by atoms with Crippen LogP contribution in [0.2, 0.25) is 0 Å². The number of fused-ring (bicyclic) bond motifs is 1. The number of carbonyl (C=O) groups is 1. The SMILES string of the molecule is O=C(c1cc2cc([N+](=O)[O-])ccc2o1)c1nc(-c2ccccc2)cs1. The van der Waals surface area contributed by atoms with Crippen LogP contribution in [0.1, 0.15) is 15.6 Å². The quantitative estimate of drug-likeness (QED) is 0.303. The van der Waals surface area contributed by atoms with Gasteiger partial charge in [0.1, 0.15) is 5.58 Å². The van der Waals surface area contributed by atoms with Gasteiger partial charge in [-0.2, -0.15) is 0 Å². The van der Waals surface area contributed by atoms with Gasteiger partial charge in [-0.25, -0.2) is 4.98 Å². The van der Waals surface area contributed by atoms with E-state index < -0.39 is 4.92 Å². The predicted octanol–water partition coefficient (Wildman–Crippen LogP) is 4.70. The summed E-state index contributed by atoms with van der Waals surface area (Å²) in [7, 11) is 0. The van der Waals surface area contributed by atoms with Gasteiger partial charge >= 0.3 is 0 Å². The Balaban J connectivity index is 1.68. The standard InChI is InChI=1S/C18H10N2O4S/c21-17(18-19-14(10-25-18)11-4-2-1-3-5-11)16-9-12-8-13(20(22)23)6-7-15(12)24-16/h1-10H. The number of furan rings is 1. The molecule has 0 radical (unpaired) electrons. The van der Waals surface area contributed by atoms with Crippen LogP contribution in [0.15, 0.2) is 64.4 Å². The van der Waals surface area contributed by atoms with Crippen molar-refractivity contribution in [2.45, 2.75) is 0 Å². The second-order valence-corrected chi connectivity index (χ2v) is 6.18. The van der Waals surface area contributed by atoms with Gasteiger partial charge in [0.05, 0.1) is 10.6 Å². The molecule has 7 heteroatoms. The molecule has 0 atom stereocenters. The third-order valence-electron chi connectivity index (χ3n) is 3.70. The fraction of sp³-hybridized carbons (Fsp3) is 0. The van der Waals surface area contributed by atoms with Gasteiger partial charge in [0.2, 0.25) is 0 Å². The first-order chi connectivity index (χ1) is 12.1. The first-order valence-electron chi connectivity index (χ1n) is 7.35. The predicted molar refractivity (Wildman–Crippen MR) is 93.9 cm³/mol. The highest BCUT2D eigenvalue weighted by Gasteiger charge is 2.19. The lowest BCUT2D eigenvalue weighted by atomic mass is 10.2. The molecule has 0 amide bonds. The first kappa shape index (κ1) is 15.2. The summed E-state index contributed by atoms with van der Waals surface area (Å²) < 4.78 is 5.53. The molecule has 4 rings (SSSR count). The molecule has 6 nitrogen and oxygen atoms in total. The van der Waals surface area contributed by atoms with E-state index in [4.69, 9.17) is 4.42 Å². The number of hydrogen-bond acceptors (Lipinski definition) is 6. The third-order valence-corrected chi connectivity index (χ3v) is 4.54. The molecule has 0 N–H and O–H groups in total. The van der Waals surface area contributed by atoms with Gasteiger partial charge in [0.25, 0.3) is 11.5 Å². The van der Waals surface area contributed by atoms with E-state index >= 15 is 0 Å². The van der Waals surface area contributed by atoms with E-state index in [1.807, 2.05) is 35.7 Å². The Bertz CT molecular complexity index is 1100. The third kappa shape index (κ3) is 2.81. The zero-order valence-electron chi connectivity index (χ0n) is 12.7. The Morgan fingerprint density at radius 1 is 1.12 bits per heavy atom. The van der Waals surface area contributed by atoms with Crippen molar-refractivity contribution in [2.24, 2.45) is 0 Å². The lowest BCUT2D eigenvalue weighted by molar-refractivity contribution is -0.384. The van der Waals surface area contributed by atoms with Crippen molar-refractivity contribution in [3.63, 3.8) is 0 Å². The Morgan fingerprint density at radius 2 is 1.92 bits per heavy atom. The lowest BCUT2D eigenvalue weighted by Gasteiger charge is -1.94. The number of ketones is 1. The molecule has 25 heavy (non-hydrogen) atoms. The Hall–Kier alpha value is -3.32. The number of nitro groups is 1. The zero-order chi connectivity index (χ0) is 17.4. The second kappa shape index (κ2) is 5.95. The number of benzene rings is 2. The highest BCUT2D eigenvalue weighted by molar-refractivity contribution is 7.12. The Labute approximate surface area is 145 Å². The Kier molecular flexibility index (Phi) is 3.62. The fourth-order valence-electron chi connectivity index (χ4n) is 2.48. The minimum absolute atomic E-state index is 0.0482. The molecule has 0 saturated carbocycles. The molecular weight excluding hydrogens is 340 g/mol. The average Bonchev–Trinajstić information content (AvgIpc) is 3.28. The van der Waals surface area contributed by atoms with Crippen molar-refractivity contribution < 1.29 is 14.1 Å². The monoisotopic (exact) mass is 350 g/mol. The maximum Gasteiger partial charge on any atom is 0.270 e. The molecule has 0 unspecified atom stereocenters. The van der Waals surface area contributed by atoms with Crippen LogP contribution in [-0.2, 0) is 0 Å². The van der Waals surface area contributed by atoms with Crippen molar-refractivity contribution in [2.75, 3.05) is 0 Å². The molecule has 2 heterocycles. The summed E-state index contributed by atoms with van der Waals surface area (Å²) >= 11 is 1.24. The molecule has 2 aromatic carbocycles. The van der Waals surface area contributed by atoms with Crippen molar-refractivity contribution in [1.82, 2.24) is 4.98 Å². The van der Waals surface area contributed by atoms with Gasteiger partial charge < -0.3 is 4.42 Å². The number of thiazole rings is 1. The van der Waals surface area contributed by atoms with E-state index in [0.717, 1.165) is 11.3 Å². The topological polar surface area (TPSA) is 86.2 Å². The van der Waals surface area contributed by atoms with E-state index in [-0.39, 0.29) is 17.2 Å². The molecule has 0 spiro atoms. The van der Waals surface area contributed by atoms with E-state index in [1.54, 1.807) is 0 Å². The Morgan fingerprint density at radius 3 is 2.68 bits per heavy atom. The summed E-state index contributed by atoms with van der Waals surface area (Å²) in [5, 5.41) is 13.5. The second-order valence-electron chi connectivity index (χ2n) is 5.32. The number of nitrogens with zero attached hydrogens (tertiary/aromatic N) is 2. The van der Waals surface area contributed by atoms with Crippen LogP contribution in [0.25, 0.3) is 22.2 Å². The molecule has 0 aliphatic rings. The summed E-state index contributed by atoms with van der Waals surface area (Å²) in [4.78, 5) is 27.3. The molecular formula is C18H10N2O4S. The molecule has 0 aliphatic heterocycles. The van der Waals surface area contributed by atoms with Crippen LogP contribution < -0.4 is 0 Å². The number of hydrogen-bond donors (Lipinski definition) is 0.